The van der Waals surface area contributed by atoms with Crippen LogP contribution >= 0.6 is 0 Å². The van der Waals surface area contributed by atoms with Crippen molar-refractivity contribution in [3.63, 3.8) is 0 Å². The van der Waals surface area contributed by atoms with E-state index >= 15 is 0 Å². The van der Waals surface area contributed by atoms with Gasteiger partial charge in [-0.05, 0) is 18.6 Å². The van der Waals surface area contributed by atoms with E-state index in [-0.39, 0.29) is 37.9 Å². The number of ether oxygens (including phenoxy) is 1. The van der Waals surface area contributed by atoms with Gasteiger partial charge in [0.2, 0.25) is 0 Å². The van der Waals surface area contributed by atoms with Crippen LogP contribution in [0.15, 0.2) is 36.8 Å². The van der Waals surface area contributed by atoms with Crippen LogP contribution in [-0.2, 0) is 11.2 Å². The number of morpholine rings is 1. The number of aliphatic hydroxyl groups excluding tert-OH is 1. The van der Waals surface area contributed by atoms with Crippen molar-refractivity contribution < 1.29 is 19.0 Å². The van der Waals surface area contributed by atoms with E-state index in [1.165, 1.54) is 18.6 Å². The molecule has 6 nitrogen and oxygen atoms in total. The fourth-order valence-electron chi connectivity index (χ4n) is 3.04. The highest BCUT2D eigenvalue weighted by Crippen LogP contribution is 2.25. The normalized spacial score (nSPS) is 20.5. The second kappa shape index (κ2) is 7.25. The van der Waals surface area contributed by atoms with Crippen molar-refractivity contribution in [1.29, 1.82) is 0 Å². The lowest BCUT2D eigenvalue weighted by atomic mass is 9.92. The predicted octanol–water partition coefficient (Wildman–Crippen LogP) is 1.37. The SMILES string of the molecule is Cc1ncncc1C(=O)N1CCO[C@](CO)(Cc2ccccc2F)C1. The molecule has 1 fully saturated rings. The number of rotatable bonds is 4. The quantitative estimate of drug-likeness (QED) is 0.906. The first-order valence-electron chi connectivity index (χ1n) is 8.09. The highest BCUT2D eigenvalue weighted by molar-refractivity contribution is 5.95. The third-order valence-corrected chi connectivity index (χ3v) is 4.44. The van der Waals surface area contributed by atoms with Crippen molar-refractivity contribution in [1.82, 2.24) is 14.9 Å². The minimum absolute atomic E-state index is 0.172. The molecule has 1 amide bonds. The van der Waals surface area contributed by atoms with Crippen molar-refractivity contribution >= 4 is 5.91 Å². The Kier molecular flexibility index (Phi) is 5.06. The molecule has 132 valence electrons. The molecule has 1 atom stereocenters. The van der Waals surface area contributed by atoms with Crippen molar-refractivity contribution in [2.24, 2.45) is 0 Å². The molecule has 0 spiro atoms. The monoisotopic (exact) mass is 345 g/mol. The van der Waals surface area contributed by atoms with Crippen LogP contribution < -0.4 is 0 Å². The van der Waals surface area contributed by atoms with Crippen LogP contribution in [0.3, 0.4) is 0 Å². The summed E-state index contributed by atoms with van der Waals surface area (Å²) in [7, 11) is 0. The van der Waals surface area contributed by atoms with E-state index in [4.69, 9.17) is 4.74 Å². The summed E-state index contributed by atoms with van der Waals surface area (Å²) in [6, 6.07) is 6.38. The van der Waals surface area contributed by atoms with Gasteiger partial charge < -0.3 is 14.7 Å². The van der Waals surface area contributed by atoms with E-state index in [2.05, 4.69) is 9.97 Å². The Morgan fingerprint density at radius 1 is 1.44 bits per heavy atom. The van der Waals surface area contributed by atoms with Crippen molar-refractivity contribution in [2.45, 2.75) is 18.9 Å². The Labute approximate surface area is 145 Å². The van der Waals surface area contributed by atoms with Gasteiger partial charge >= 0.3 is 0 Å². The molecule has 1 aromatic carbocycles. The molecule has 7 heteroatoms. The number of aromatic nitrogens is 2. The van der Waals surface area contributed by atoms with Crippen LogP contribution in [0.1, 0.15) is 21.6 Å². The topological polar surface area (TPSA) is 75.6 Å². The summed E-state index contributed by atoms with van der Waals surface area (Å²) < 4.78 is 19.8. The van der Waals surface area contributed by atoms with Crippen LogP contribution in [0.2, 0.25) is 0 Å². The van der Waals surface area contributed by atoms with E-state index in [0.717, 1.165) is 0 Å². The number of carbonyl (C=O) groups excluding carboxylic acids is 1. The number of nitrogens with zero attached hydrogens (tertiary/aromatic N) is 3. The van der Waals surface area contributed by atoms with Gasteiger partial charge in [0.25, 0.3) is 5.91 Å². The molecule has 0 radical (unpaired) electrons. The van der Waals surface area contributed by atoms with Crippen LogP contribution in [0.25, 0.3) is 0 Å². The maximum Gasteiger partial charge on any atom is 0.257 e. The second-order valence-corrected chi connectivity index (χ2v) is 6.21. The van der Waals surface area contributed by atoms with Gasteiger partial charge in [0.1, 0.15) is 17.7 Å². The molecule has 0 saturated carbocycles. The summed E-state index contributed by atoms with van der Waals surface area (Å²) in [6.45, 7) is 2.27. The zero-order valence-electron chi connectivity index (χ0n) is 14.0. The Morgan fingerprint density at radius 2 is 2.24 bits per heavy atom. The number of hydrogen-bond acceptors (Lipinski definition) is 5. The molecule has 0 bridgehead atoms. The molecule has 1 aromatic heterocycles. The first-order chi connectivity index (χ1) is 12.0. The molecule has 3 rings (SSSR count). The lowest BCUT2D eigenvalue weighted by molar-refractivity contribution is -0.124. The summed E-state index contributed by atoms with van der Waals surface area (Å²) >= 11 is 0. The molecule has 1 N–H and O–H groups in total. The Morgan fingerprint density at radius 3 is 2.96 bits per heavy atom. The highest BCUT2D eigenvalue weighted by atomic mass is 19.1. The third-order valence-electron chi connectivity index (χ3n) is 4.44. The summed E-state index contributed by atoms with van der Waals surface area (Å²) in [6.07, 6.45) is 3.06. The smallest absolute Gasteiger partial charge is 0.257 e. The molecule has 0 aliphatic carbocycles. The van der Waals surface area contributed by atoms with E-state index in [9.17, 15) is 14.3 Å². The van der Waals surface area contributed by atoms with Gasteiger partial charge in [0.15, 0.2) is 0 Å². The number of amides is 1. The summed E-state index contributed by atoms with van der Waals surface area (Å²) in [5.74, 6) is -0.567. The maximum atomic E-state index is 14.0. The van der Waals surface area contributed by atoms with Gasteiger partial charge in [-0.2, -0.15) is 0 Å². The van der Waals surface area contributed by atoms with Crippen molar-refractivity contribution in [3.8, 4) is 0 Å². The number of aryl methyl sites for hydroxylation is 1. The first kappa shape index (κ1) is 17.4. The minimum Gasteiger partial charge on any atom is -0.393 e. The molecule has 25 heavy (non-hydrogen) atoms. The summed E-state index contributed by atoms with van der Waals surface area (Å²) in [4.78, 5) is 22.3. The van der Waals surface area contributed by atoms with E-state index < -0.39 is 5.60 Å². The lowest BCUT2D eigenvalue weighted by Crippen LogP contribution is -2.57. The number of aliphatic hydroxyl groups is 1. The van der Waals surface area contributed by atoms with Gasteiger partial charge in [0, 0.05) is 19.2 Å². The maximum absolute atomic E-state index is 14.0. The van der Waals surface area contributed by atoms with Crippen molar-refractivity contribution in [3.05, 3.63) is 59.4 Å². The summed E-state index contributed by atoms with van der Waals surface area (Å²) in [5, 5.41) is 9.91. The average molecular weight is 345 g/mol. The van der Waals surface area contributed by atoms with E-state index in [1.807, 2.05) is 0 Å². The fraction of sp³-hybridized carbons (Fsp3) is 0.389. The zero-order chi connectivity index (χ0) is 17.9. The molecule has 2 aromatic rings. The summed E-state index contributed by atoms with van der Waals surface area (Å²) in [5.41, 5.74) is 0.432. The van der Waals surface area contributed by atoms with Gasteiger partial charge in [0.05, 0.1) is 31.0 Å². The Bertz CT molecular complexity index is 771. The third kappa shape index (κ3) is 3.67. The van der Waals surface area contributed by atoms with Crippen LogP contribution in [0.4, 0.5) is 4.39 Å². The molecular formula is C18H20FN3O3. The standard InChI is InChI=1S/C18H20FN3O3/c1-13-15(9-20-12-21-13)17(24)22-6-7-25-18(10-22,11-23)8-14-4-2-3-5-16(14)19/h2-5,9,12,23H,6-8,10-11H2,1H3/t18-/m1/s1. The van der Waals surface area contributed by atoms with E-state index in [1.54, 1.807) is 30.0 Å². The first-order valence-corrected chi connectivity index (χ1v) is 8.09. The lowest BCUT2D eigenvalue weighted by Gasteiger charge is -2.42. The zero-order valence-corrected chi connectivity index (χ0v) is 14.0. The van der Waals surface area contributed by atoms with Crippen LogP contribution in [0, 0.1) is 12.7 Å². The van der Waals surface area contributed by atoms with Gasteiger partial charge in [-0.15, -0.1) is 0 Å². The molecule has 1 saturated heterocycles. The molecule has 1 aliphatic rings. The number of halogens is 1. The van der Waals surface area contributed by atoms with E-state index in [0.29, 0.717) is 23.4 Å². The van der Waals surface area contributed by atoms with Crippen LogP contribution in [0.5, 0.6) is 0 Å². The molecule has 1 aliphatic heterocycles. The van der Waals surface area contributed by atoms with Gasteiger partial charge in [-0.25, -0.2) is 14.4 Å². The molecular weight excluding hydrogens is 325 g/mol. The van der Waals surface area contributed by atoms with Crippen LogP contribution in [-0.4, -0.2) is 57.8 Å². The predicted molar refractivity (Wildman–Crippen MR) is 88.5 cm³/mol. The molecule has 2 heterocycles. The van der Waals surface area contributed by atoms with Crippen molar-refractivity contribution in [2.75, 3.05) is 26.3 Å². The number of benzene rings is 1. The highest BCUT2D eigenvalue weighted by Gasteiger charge is 2.39. The largest absolute Gasteiger partial charge is 0.393 e. The second-order valence-electron chi connectivity index (χ2n) is 6.21. The number of carbonyl (C=O) groups is 1. The Hall–Kier alpha value is -2.38. The fourth-order valence-corrected chi connectivity index (χ4v) is 3.04. The minimum atomic E-state index is -1.03. The van der Waals surface area contributed by atoms with Gasteiger partial charge in [-0.1, -0.05) is 18.2 Å². The van der Waals surface area contributed by atoms with Gasteiger partial charge in [-0.3, -0.25) is 4.79 Å². The molecule has 0 unspecified atom stereocenters. The number of hydrogen-bond donors (Lipinski definition) is 1. The Balaban J connectivity index is 1.82. The average Bonchev–Trinajstić information content (AvgIpc) is 2.64.